The molecule has 0 aromatic carbocycles. The molecule has 0 aliphatic carbocycles. The van der Waals surface area contributed by atoms with E-state index in [4.69, 9.17) is 5.26 Å². The van der Waals surface area contributed by atoms with Crippen molar-refractivity contribution >= 4 is 5.69 Å². The largest absolute Gasteiger partial charge is 0.417 e. The third kappa shape index (κ3) is 2.96. The zero-order valence-electron chi connectivity index (χ0n) is 10.4. The van der Waals surface area contributed by atoms with Crippen molar-refractivity contribution in [3.8, 4) is 6.07 Å². The first-order chi connectivity index (χ1) is 8.91. The molecular weight excluding hydrogens is 257 g/mol. The van der Waals surface area contributed by atoms with Crippen LogP contribution < -0.4 is 4.90 Å². The van der Waals surface area contributed by atoms with Crippen molar-refractivity contribution in [2.24, 2.45) is 0 Å². The van der Waals surface area contributed by atoms with Crippen LogP contribution in [0.4, 0.5) is 18.9 Å². The molecule has 1 aromatic rings. The molecule has 1 saturated heterocycles. The van der Waals surface area contributed by atoms with Crippen molar-refractivity contribution in [1.82, 2.24) is 9.88 Å². The molecule has 0 spiro atoms. The maximum Gasteiger partial charge on any atom is 0.417 e. The molecule has 1 aliphatic heterocycles. The second-order valence-electron chi connectivity index (χ2n) is 4.49. The topological polar surface area (TPSA) is 43.2 Å². The van der Waals surface area contributed by atoms with E-state index in [2.05, 4.69) is 9.88 Å². The Balaban J connectivity index is 2.35. The SMILES string of the molecule is CN1CCN(c2cc(C(F)(F)F)cnc2C#N)CC1. The maximum absolute atomic E-state index is 12.7. The highest BCUT2D eigenvalue weighted by molar-refractivity contribution is 5.57. The first-order valence-corrected chi connectivity index (χ1v) is 5.82. The zero-order valence-corrected chi connectivity index (χ0v) is 10.4. The van der Waals surface area contributed by atoms with Crippen LogP contribution in [0, 0.1) is 11.3 Å². The molecule has 2 rings (SSSR count). The van der Waals surface area contributed by atoms with E-state index in [1.54, 1.807) is 4.90 Å². The Labute approximate surface area is 109 Å². The van der Waals surface area contributed by atoms with E-state index in [0.29, 0.717) is 19.3 Å². The summed E-state index contributed by atoms with van der Waals surface area (Å²) < 4.78 is 38.0. The van der Waals surface area contributed by atoms with Gasteiger partial charge in [0.15, 0.2) is 5.69 Å². The van der Waals surface area contributed by atoms with Gasteiger partial charge in [-0.15, -0.1) is 0 Å². The number of hydrogen-bond acceptors (Lipinski definition) is 4. The van der Waals surface area contributed by atoms with Crippen LogP contribution in [0.1, 0.15) is 11.3 Å². The average molecular weight is 270 g/mol. The van der Waals surface area contributed by atoms with Crippen LogP contribution in [0.15, 0.2) is 12.3 Å². The molecule has 0 radical (unpaired) electrons. The van der Waals surface area contributed by atoms with Crippen LogP contribution in [0.3, 0.4) is 0 Å². The van der Waals surface area contributed by atoms with E-state index >= 15 is 0 Å². The van der Waals surface area contributed by atoms with Gasteiger partial charge in [-0.25, -0.2) is 4.98 Å². The lowest BCUT2D eigenvalue weighted by Gasteiger charge is -2.34. The summed E-state index contributed by atoms with van der Waals surface area (Å²) in [5, 5.41) is 8.96. The third-order valence-corrected chi connectivity index (χ3v) is 3.14. The number of anilines is 1. The van der Waals surface area contributed by atoms with Crippen molar-refractivity contribution in [1.29, 1.82) is 5.26 Å². The molecular formula is C12H13F3N4. The molecule has 1 aliphatic rings. The van der Waals surface area contributed by atoms with Gasteiger partial charge >= 0.3 is 6.18 Å². The summed E-state index contributed by atoms with van der Waals surface area (Å²) in [7, 11) is 1.95. The second-order valence-corrected chi connectivity index (χ2v) is 4.49. The van der Waals surface area contributed by atoms with Gasteiger partial charge in [0.1, 0.15) is 6.07 Å². The summed E-state index contributed by atoms with van der Waals surface area (Å²) in [6, 6.07) is 2.86. The standard InChI is InChI=1S/C12H13F3N4/c1-18-2-4-19(5-3-18)11-6-9(12(13,14)15)8-17-10(11)7-16/h6,8H,2-5H2,1H3. The predicted molar refractivity (Wildman–Crippen MR) is 63.7 cm³/mol. The van der Waals surface area contributed by atoms with E-state index in [1.165, 1.54) is 0 Å². The summed E-state index contributed by atoms with van der Waals surface area (Å²) in [5.41, 5.74) is -0.511. The summed E-state index contributed by atoms with van der Waals surface area (Å²) in [6.45, 7) is 2.69. The number of aromatic nitrogens is 1. The number of hydrogen-bond donors (Lipinski definition) is 0. The molecule has 0 atom stereocenters. The van der Waals surface area contributed by atoms with Crippen LogP contribution in [-0.4, -0.2) is 43.1 Å². The fourth-order valence-electron chi connectivity index (χ4n) is 1.98. The van der Waals surface area contributed by atoms with Crippen LogP contribution in [-0.2, 0) is 6.18 Å². The molecule has 1 aromatic heterocycles. The number of nitriles is 1. The number of rotatable bonds is 1. The number of pyridine rings is 1. The summed E-state index contributed by atoms with van der Waals surface area (Å²) in [4.78, 5) is 7.49. The van der Waals surface area contributed by atoms with Crippen LogP contribution in [0.25, 0.3) is 0 Å². The molecule has 0 N–H and O–H groups in total. The lowest BCUT2D eigenvalue weighted by molar-refractivity contribution is -0.137. The minimum atomic E-state index is -4.44. The number of piperazine rings is 1. The normalized spacial score (nSPS) is 17.3. The van der Waals surface area contributed by atoms with Crippen molar-refractivity contribution in [2.45, 2.75) is 6.18 Å². The molecule has 0 bridgehead atoms. The monoisotopic (exact) mass is 270 g/mol. The third-order valence-electron chi connectivity index (χ3n) is 3.14. The second kappa shape index (κ2) is 5.05. The van der Waals surface area contributed by atoms with Gasteiger partial charge in [0.25, 0.3) is 0 Å². The Morgan fingerprint density at radius 2 is 1.89 bits per heavy atom. The van der Waals surface area contributed by atoms with Crippen molar-refractivity contribution in [3.63, 3.8) is 0 Å². The fraction of sp³-hybridized carbons (Fsp3) is 0.500. The highest BCUT2D eigenvalue weighted by atomic mass is 19.4. The molecule has 0 unspecified atom stereocenters. The van der Waals surface area contributed by atoms with Crippen LogP contribution in [0.2, 0.25) is 0 Å². The van der Waals surface area contributed by atoms with Crippen molar-refractivity contribution < 1.29 is 13.2 Å². The van der Waals surface area contributed by atoms with Gasteiger partial charge in [-0.1, -0.05) is 0 Å². The smallest absolute Gasteiger partial charge is 0.367 e. The summed E-state index contributed by atoms with van der Waals surface area (Å²) in [6.07, 6.45) is -3.74. The van der Waals surface area contributed by atoms with Gasteiger partial charge in [-0.05, 0) is 13.1 Å². The van der Waals surface area contributed by atoms with Crippen molar-refractivity contribution in [2.75, 3.05) is 38.1 Å². The first kappa shape index (κ1) is 13.6. The minimum absolute atomic E-state index is 0.0394. The molecule has 7 heteroatoms. The highest BCUT2D eigenvalue weighted by Crippen LogP contribution is 2.32. The van der Waals surface area contributed by atoms with Crippen molar-refractivity contribution in [3.05, 3.63) is 23.5 Å². The average Bonchev–Trinajstić information content (AvgIpc) is 2.38. The Hall–Kier alpha value is -1.81. The zero-order chi connectivity index (χ0) is 14.0. The van der Waals surface area contributed by atoms with E-state index in [9.17, 15) is 13.2 Å². The lowest BCUT2D eigenvalue weighted by Crippen LogP contribution is -2.44. The van der Waals surface area contributed by atoms with Gasteiger partial charge in [0.05, 0.1) is 11.3 Å². The Morgan fingerprint density at radius 1 is 1.26 bits per heavy atom. The van der Waals surface area contributed by atoms with Gasteiger partial charge in [-0.2, -0.15) is 18.4 Å². The first-order valence-electron chi connectivity index (χ1n) is 5.82. The molecule has 4 nitrogen and oxygen atoms in total. The number of alkyl halides is 3. The quantitative estimate of drug-likeness (QED) is 0.779. The van der Waals surface area contributed by atoms with Gasteiger partial charge in [0.2, 0.25) is 0 Å². The number of nitrogens with zero attached hydrogens (tertiary/aromatic N) is 4. The number of halogens is 3. The molecule has 0 amide bonds. The highest BCUT2D eigenvalue weighted by Gasteiger charge is 2.32. The maximum atomic E-state index is 12.7. The molecule has 0 saturated carbocycles. The lowest BCUT2D eigenvalue weighted by atomic mass is 10.2. The van der Waals surface area contributed by atoms with E-state index in [0.717, 1.165) is 19.2 Å². The van der Waals surface area contributed by atoms with E-state index in [1.807, 2.05) is 13.1 Å². The van der Waals surface area contributed by atoms with E-state index < -0.39 is 11.7 Å². The fourth-order valence-corrected chi connectivity index (χ4v) is 1.98. The minimum Gasteiger partial charge on any atom is -0.367 e. The van der Waals surface area contributed by atoms with E-state index in [-0.39, 0.29) is 11.4 Å². The van der Waals surface area contributed by atoms with Gasteiger partial charge < -0.3 is 9.80 Å². The molecule has 2 heterocycles. The van der Waals surface area contributed by atoms with Crippen LogP contribution in [0.5, 0.6) is 0 Å². The Morgan fingerprint density at radius 3 is 2.42 bits per heavy atom. The van der Waals surface area contributed by atoms with Gasteiger partial charge in [-0.3, -0.25) is 0 Å². The van der Waals surface area contributed by atoms with Crippen LogP contribution >= 0.6 is 0 Å². The summed E-state index contributed by atoms with van der Waals surface area (Å²) in [5.74, 6) is 0. The van der Waals surface area contributed by atoms with Gasteiger partial charge in [0, 0.05) is 32.4 Å². The Bertz CT molecular complexity index is 499. The molecule has 19 heavy (non-hydrogen) atoms. The summed E-state index contributed by atoms with van der Waals surface area (Å²) >= 11 is 0. The molecule has 1 fully saturated rings. The number of likely N-dealkylation sites (N-methyl/N-ethyl adjacent to an activating group) is 1. The predicted octanol–water partition coefficient (Wildman–Crippen LogP) is 1.72. The Kier molecular flexibility index (Phi) is 3.62. The molecule has 102 valence electrons.